The van der Waals surface area contributed by atoms with E-state index in [2.05, 4.69) is 25.8 Å². The monoisotopic (exact) mass is 487 g/mol. The molecule has 8 heteroatoms. The second-order valence-electron chi connectivity index (χ2n) is 7.48. The number of sulfone groups is 1. The quantitative estimate of drug-likeness (QED) is 0.564. The highest BCUT2D eigenvalue weighted by Crippen LogP contribution is 2.25. The third-order valence-electron chi connectivity index (χ3n) is 4.98. The average Bonchev–Trinajstić information content (AvgIpc) is 3.11. The number of carbonyl (C=O) groups is 1. The molecular weight excluding hydrogens is 466 g/mol. The van der Waals surface area contributed by atoms with Crippen molar-refractivity contribution in [2.24, 2.45) is 0 Å². The van der Waals surface area contributed by atoms with Gasteiger partial charge in [-0.15, -0.1) is 0 Å². The van der Waals surface area contributed by atoms with Crippen LogP contribution in [0.5, 0.6) is 0 Å². The number of carbonyl (C=O) groups excluding carboxylic acids is 1. The number of amides is 1. The fourth-order valence-corrected chi connectivity index (χ4v) is 5.34. The van der Waals surface area contributed by atoms with Gasteiger partial charge < -0.3 is 9.88 Å². The molecule has 0 bridgehead atoms. The third-order valence-corrected chi connectivity index (χ3v) is 6.95. The van der Waals surface area contributed by atoms with Gasteiger partial charge in [0.25, 0.3) is 0 Å². The van der Waals surface area contributed by atoms with Gasteiger partial charge in [0.1, 0.15) is 11.6 Å². The Bertz CT molecular complexity index is 1160. The highest BCUT2D eigenvalue weighted by Gasteiger charge is 2.18. The largest absolute Gasteiger partial charge is 0.334 e. The van der Waals surface area contributed by atoms with E-state index in [1.54, 1.807) is 24.3 Å². The molecule has 1 amide bonds. The summed E-state index contributed by atoms with van der Waals surface area (Å²) in [5.74, 6) is -0.210. The summed E-state index contributed by atoms with van der Waals surface area (Å²) in [7, 11) is -3.58. The van der Waals surface area contributed by atoms with E-state index in [4.69, 9.17) is 4.98 Å². The van der Waals surface area contributed by atoms with E-state index >= 15 is 0 Å². The van der Waals surface area contributed by atoms with Crippen molar-refractivity contribution in [1.29, 1.82) is 0 Å². The number of rotatable bonds is 6. The molecule has 3 aromatic rings. The number of aryl methyl sites for hydroxylation is 2. The predicted molar refractivity (Wildman–Crippen MR) is 121 cm³/mol. The van der Waals surface area contributed by atoms with E-state index in [-0.39, 0.29) is 5.75 Å². The second-order valence-corrected chi connectivity index (χ2v) is 10.5. The molecule has 30 heavy (non-hydrogen) atoms. The fourth-order valence-electron chi connectivity index (χ4n) is 3.64. The fraction of sp³-hybridized carbons (Fsp3) is 0.273. The van der Waals surface area contributed by atoms with Gasteiger partial charge in [-0.1, -0.05) is 40.2 Å². The van der Waals surface area contributed by atoms with Crippen LogP contribution in [0.15, 0.2) is 59.2 Å². The third kappa shape index (κ3) is 5.17. The van der Waals surface area contributed by atoms with Crippen LogP contribution in [0.25, 0.3) is 11.3 Å². The summed E-state index contributed by atoms with van der Waals surface area (Å²) in [6, 6.07) is 14.4. The highest BCUT2D eigenvalue weighted by molar-refractivity contribution is 9.10. The Morgan fingerprint density at radius 2 is 1.97 bits per heavy atom. The number of nitrogens with one attached hydrogen (secondary N) is 1. The maximum atomic E-state index is 12.4. The van der Waals surface area contributed by atoms with Crippen molar-refractivity contribution in [3.05, 3.63) is 70.6 Å². The smallest absolute Gasteiger partial charge is 0.239 e. The molecular formula is C22H22BrN3O3S. The zero-order valence-electron chi connectivity index (χ0n) is 16.3. The molecule has 1 aliphatic rings. The molecule has 2 heterocycles. The Kier molecular flexibility index (Phi) is 6.06. The summed E-state index contributed by atoms with van der Waals surface area (Å²) >= 11 is 3.33. The van der Waals surface area contributed by atoms with Gasteiger partial charge in [-0.3, -0.25) is 4.79 Å². The Hall–Kier alpha value is -2.45. The lowest BCUT2D eigenvalue weighted by molar-refractivity contribution is -0.113. The molecule has 0 radical (unpaired) electrons. The lowest BCUT2D eigenvalue weighted by atomic mass is 10.1. The molecule has 0 fully saturated rings. The van der Waals surface area contributed by atoms with E-state index in [1.807, 2.05) is 30.5 Å². The topological polar surface area (TPSA) is 81.1 Å². The van der Waals surface area contributed by atoms with Crippen LogP contribution in [-0.2, 0) is 33.4 Å². The van der Waals surface area contributed by atoms with E-state index < -0.39 is 21.5 Å². The SMILES string of the molecule is O=C(CS(=O)(=O)Cc1cccc(Br)c1)Nc1cccc(-c2cn3c(n2)CCCC3)c1. The lowest BCUT2D eigenvalue weighted by Gasteiger charge is -2.11. The number of fused-ring (bicyclic) bond motifs is 1. The molecule has 4 rings (SSSR count). The summed E-state index contributed by atoms with van der Waals surface area (Å²) < 4.78 is 27.8. The predicted octanol–water partition coefficient (Wildman–Crippen LogP) is 4.20. The van der Waals surface area contributed by atoms with Crippen molar-refractivity contribution in [3.63, 3.8) is 0 Å². The summed E-state index contributed by atoms with van der Waals surface area (Å²) in [5.41, 5.74) is 2.96. The molecule has 0 saturated carbocycles. The number of imidazole rings is 1. The summed E-state index contributed by atoms with van der Waals surface area (Å²) in [5, 5.41) is 2.71. The molecule has 156 valence electrons. The van der Waals surface area contributed by atoms with E-state index in [0.29, 0.717) is 11.3 Å². The number of aromatic nitrogens is 2. The molecule has 0 unspecified atom stereocenters. The summed E-state index contributed by atoms with van der Waals surface area (Å²) in [4.78, 5) is 17.1. The first-order valence-electron chi connectivity index (χ1n) is 9.79. The van der Waals surface area contributed by atoms with Crippen molar-refractivity contribution in [2.75, 3.05) is 11.1 Å². The molecule has 0 atom stereocenters. The Morgan fingerprint density at radius 3 is 2.77 bits per heavy atom. The van der Waals surface area contributed by atoms with Gasteiger partial charge in [0.2, 0.25) is 5.91 Å². The number of benzene rings is 2. The van der Waals surface area contributed by atoms with Crippen molar-refractivity contribution in [2.45, 2.75) is 31.6 Å². The number of nitrogens with zero attached hydrogens (tertiary/aromatic N) is 2. The molecule has 6 nitrogen and oxygen atoms in total. The Balaban J connectivity index is 1.43. The van der Waals surface area contributed by atoms with Crippen molar-refractivity contribution >= 4 is 37.4 Å². The van der Waals surface area contributed by atoms with E-state index in [0.717, 1.165) is 47.4 Å². The van der Waals surface area contributed by atoms with E-state index in [9.17, 15) is 13.2 Å². The standard InChI is InChI=1S/C22H22BrN3O3S/c23-18-7-3-5-16(11-18)14-30(28,29)15-22(27)24-19-8-4-6-17(12-19)20-13-26-10-2-1-9-21(26)25-20/h3-8,11-13H,1-2,9-10,14-15H2,(H,24,27). The van der Waals surface area contributed by atoms with Crippen LogP contribution in [0.2, 0.25) is 0 Å². The minimum atomic E-state index is -3.58. The van der Waals surface area contributed by atoms with Crippen molar-refractivity contribution in [3.8, 4) is 11.3 Å². The second kappa shape index (κ2) is 8.73. The van der Waals surface area contributed by atoms with Gasteiger partial charge in [0, 0.05) is 34.9 Å². The first-order valence-corrected chi connectivity index (χ1v) is 12.4. The normalized spacial score (nSPS) is 13.6. The Labute approximate surface area is 184 Å². The average molecular weight is 488 g/mol. The number of halogens is 1. The zero-order valence-corrected chi connectivity index (χ0v) is 18.7. The van der Waals surface area contributed by atoms with Crippen LogP contribution < -0.4 is 5.32 Å². The van der Waals surface area contributed by atoms with Crippen LogP contribution in [0.1, 0.15) is 24.2 Å². The molecule has 1 N–H and O–H groups in total. The van der Waals surface area contributed by atoms with Crippen molar-refractivity contribution in [1.82, 2.24) is 9.55 Å². The molecule has 1 aromatic heterocycles. The van der Waals surface area contributed by atoms with Crippen LogP contribution in [-0.4, -0.2) is 29.6 Å². The maximum Gasteiger partial charge on any atom is 0.239 e. The first-order chi connectivity index (χ1) is 14.4. The number of hydrogen-bond donors (Lipinski definition) is 1. The number of hydrogen-bond acceptors (Lipinski definition) is 4. The minimum absolute atomic E-state index is 0.180. The van der Waals surface area contributed by atoms with Gasteiger partial charge in [-0.2, -0.15) is 0 Å². The summed E-state index contributed by atoms with van der Waals surface area (Å²) in [6.07, 6.45) is 5.33. The molecule has 0 saturated heterocycles. The molecule has 1 aliphatic heterocycles. The molecule has 2 aromatic carbocycles. The Morgan fingerprint density at radius 1 is 1.13 bits per heavy atom. The molecule has 0 spiro atoms. The lowest BCUT2D eigenvalue weighted by Crippen LogP contribution is -2.24. The van der Waals surface area contributed by atoms with Gasteiger partial charge >= 0.3 is 0 Å². The maximum absolute atomic E-state index is 12.4. The van der Waals surface area contributed by atoms with Gasteiger partial charge in [-0.25, -0.2) is 13.4 Å². The van der Waals surface area contributed by atoms with Gasteiger partial charge in [0.05, 0.1) is 11.4 Å². The van der Waals surface area contributed by atoms with Crippen LogP contribution in [0.3, 0.4) is 0 Å². The van der Waals surface area contributed by atoms with Crippen LogP contribution >= 0.6 is 15.9 Å². The van der Waals surface area contributed by atoms with Crippen molar-refractivity contribution < 1.29 is 13.2 Å². The minimum Gasteiger partial charge on any atom is -0.334 e. The highest BCUT2D eigenvalue weighted by atomic mass is 79.9. The van der Waals surface area contributed by atoms with Gasteiger partial charge in [-0.05, 0) is 42.7 Å². The van der Waals surface area contributed by atoms with Crippen LogP contribution in [0.4, 0.5) is 5.69 Å². The summed E-state index contributed by atoms with van der Waals surface area (Å²) in [6.45, 7) is 0.981. The van der Waals surface area contributed by atoms with E-state index in [1.165, 1.54) is 0 Å². The molecule has 0 aliphatic carbocycles. The van der Waals surface area contributed by atoms with Gasteiger partial charge in [0.15, 0.2) is 9.84 Å². The number of anilines is 1. The first kappa shape index (κ1) is 20.8. The van der Waals surface area contributed by atoms with Crippen LogP contribution in [0, 0.1) is 0 Å². The zero-order chi connectivity index (χ0) is 21.1.